The number of nitrogens with one attached hydrogen (secondary N) is 1. The number of imidazole rings is 1. The highest BCUT2D eigenvalue weighted by Gasteiger charge is 2.05. The Hall–Kier alpha value is -2.63. The summed E-state index contributed by atoms with van der Waals surface area (Å²) in [6.07, 6.45) is 3.23. The Morgan fingerprint density at radius 1 is 1.26 bits per heavy atom. The average Bonchev–Trinajstić information content (AvgIpc) is 2.80. The van der Waals surface area contributed by atoms with Gasteiger partial charge < -0.3 is 4.57 Å². The van der Waals surface area contributed by atoms with E-state index in [9.17, 15) is 9.59 Å². The van der Waals surface area contributed by atoms with Gasteiger partial charge in [-0.2, -0.15) is 0 Å². The van der Waals surface area contributed by atoms with Gasteiger partial charge >= 0.3 is 5.69 Å². The van der Waals surface area contributed by atoms with Crippen molar-refractivity contribution in [1.29, 1.82) is 0 Å². The van der Waals surface area contributed by atoms with Gasteiger partial charge in [-0.3, -0.25) is 14.3 Å². The predicted molar refractivity (Wildman–Crippen MR) is 71.6 cm³/mol. The minimum absolute atomic E-state index is 0.405. The Labute approximate surface area is 108 Å². The lowest BCUT2D eigenvalue weighted by molar-refractivity contribution is 0.787. The van der Waals surface area contributed by atoms with E-state index < -0.39 is 11.2 Å². The number of benzene rings is 1. The zero-order chi connectivity index (χ0) is 13.4. The molecule has 0 aliphatic carbocycles. The monoisotopic (exact) mass is 256 g/mol. The second kappa shape index (κ2) is 4.24. The van der Waals surface area contributed by atoms with Crippen molar-refractivity contribution in [2.75, 3.05) is 0 Å². The number of aryl methyl sites for hydroxylation is 1. The van der Waals surface area contributed by atoms with Gasteiger partial charge in [0.05, 0.1) is 23.0 Å². The molecule has 0 atom stereocenters. The molecule has 0 bridgehead atoms. The molecule has 1 aromatic carbocycles. The fourth-order valence-electron chi connectivity index (χ4n) is 2.07. The maximum atomic E-state index is 11.7. The molecule has 3 aromatic rings. The van der Waals surface area contributed by atoms with Gasteiger partial charge in [0.1, 0.15) is 0 Å². The molecule has 6 heteroatoms. The number of fused-ring (bicyclic) bond motifs is 1. The summed E-state index contributed by atoms with van der Waals surface area (Å²) in [5, 5.41) is 0. The highest BCUT2D eigenvalue weighted by molar-refractivity contribution is 5.77. The zero-order valence-electron chi connectivity index (χ0n) is 10.3. The smallest absolute Gasteiger partial charge is 0.331 e. The van der Waals surface area contributed by atoms with E-state index >= 15 is 0 Å². The van der Waals surface area contributed by atoms with Crippen LogP contribution >= 0.6 is 0 Å². The third kappa shape index (κ3) is 1.87. The Bertz CT molecular complexity index is 857. The molecule has 2 aromatic heterocycles. The van der Waals surface area contributed by atoms with Crippen LogP contribution in [0.3, 0.4) is 0 Å². The summed E-state index contributed by atoms with van der Waals surface area (Å²) >= 11 is 0. The number of rotatable bonds is 2. The van der Waals surface area contributed by atoms with Crippen molar-refractivity contribution in [3.63, 3.8) is 0 Å². The van der Waals surface area contributed by atoms with Crippen LogP contribution in [0.4, 0.5) is 0 Å². The predicted octanol–water partition coefficient (Wildman–Crippen LogP) is 0.895. The summed E-state index contributed by atoms with van der Waals surface area (Å²) in [6, 6.07) is 6.88. The molecule has 0 saturated heterocycles. The summed E-state index contributed by atoms with van der Waals surface area (Å²) < 4.78 is 3.40. The summed E-state index contributed by atoms with van der Waals surface area (Å²) in [4.78, 5) is 29.3. The number of hydrogen-bond donors (Lipinski definition) is 1. The molecule has 0 unspecified atom stereocenters. The first-order chi connectivity index (χ1) is 9.19. The normalized spacial score (nSPS) is 11.0. The van der Waals surface area contributed by atoms with Crippen LogP contribution in [0, 0.1) is 0 Å². The van der Waals surface area contributed by atoms with Crippen LogP contribution in [0.2, 0.25) is 0 Å². The van der Waals surface area contributed by atoms with Gasteiger partial charge in [0, 0.05) is 18.8 Å². The number of aromatic amines is 1. The van der Waals surface area contributed by atoms with E-state index in [1.807, 2.05) is 29.7 Å². The Morgan fingerprint density at radius 2 is 2.11 bits per heavy atom. The second-order valence-electron chi connectivity index (χ2n) is 4.18. The van der Waals surface area contributed by atoms with E-state index in [1.165, 1.54) is 16.8 Å². The molecule has 2 heterocycles. The first-order valence-corrected chi connectivity index (χ1v) is 5.96. The van der Waals surface area contributed by atoms with E-state index in [1.54, 1.807) is 6.33 Å². The third-order valence-corrected chi connectivity index (χ3v) is 3.05. The molecule has 0 aliphatic rings. The molecule has 0 amide bonds. The van der Waals surface area contributed by atoms with Gasteiger partial charge in [-0.25, -0.2) is 9.78 Å². The molecular weight excluding hydrogens is 244 g/mol. The Kier molecular flexibility index (Phi) is 2.56. The van der Waals surface area contributed by atoms with Crippen LogP contribution in [0.5, 0.6) is 0 Å². The van der Waals surface area contributed by atoms with Crippen molar-refractivity contribution in [1.82, 2.24) is 19.1 Å². The average molecular weight is 256 g/mol. The lowest BCUT2D eigenvalue weighted by Gasteiger charge is -2.05. The standard InChI is InChI=1S/C13H12N4O2/c1-2-16-8-14-10-7-9(3-4-11(10)16)17-6-5-12(18)15-13(17)19/h3-8H,2H2,1H3,(H,15,18,19). The van der Waals surface area contributed by atoms with Crippen molar-refractivity contribution in [2.45, 2.75) is 13.5 Å². The fourth-order valence-corrected chi connectivity index (χ4v) is 2.07. The van der Waals surface area contributed by atoms with Crippen LogP contribution < -0.4 is 11.2 Å². The van der Waals surface area contributed by atoms with Gasteiger partial charge in [0.15, 0.2) is 0 Å². The zero-order valence-corrected chi connectivity index (χ0v) is 10.3. The van der Waals surface area contributed by atoms with E-state index in [-0.39, 0.29) is 0 Å². The number of hydrogen-bond acceptors (Lipinski definition) is 3. The van der Waals surface area contributed by atoms with Gasteiger partial charge in [-0.1, -0.05) is 0 Å². The lowest BCUT2D eigenvalue weighted by atomic mass is 10.2. The van der Waals surface area contributed by atoms with E-state index in [2.05, 4.69) is 9.97 Å². The summed E-state index contributed by atoms with van der Waals surface area (Å²) in [5.41, 5.74) is 1.65. The summed E-state index contributed by atoms with van der Waals surface area (Å²) in [6.45, 7) is 2.88. The van der Waals surface area contributed by atoms with E-state index in [0.29, 0.717) is 5.69 Å². The maximum Gasteiger partial charge on any atom is 0.332 e. The van der Waals surface area contributed by atoms with E-state index in [4.69, 9.17) is 0 Å². The molecular formula is C13H12N4O2. The topological polar surface area (TPSA) is 72.7 Å². The molecule has 0 spiro atoms. The van der Waals surface area contributed by atoms with Crippen molar-refractivity contribution in [3.05, 3.63) is 57.6 Å². The molecule has 1 N–H and O–H groups in total. The fraction of sp³-hybridized carbons (Fsp3) is 0.154. The van der Waals surface area contributed by atoms with Crippen LogP contribution in [0.25, 0.3) is 16.7 Å². The molecule has 0 radical (unpaired) electrons. The van der Waals surface area contributed by atoms with Crippen molar-refractivity contribution in [3.8, 4) is 5.69 Å². The van der Waals surface area contributed by atoms with Gasteiger partial charge in [0.25, 0.3) is 5.56 Å². The second-order valence-corrected chi connectivity index (χ2v) is 4.18. The maximum absolute atomic E-state index is 11.7. The summed E-state index contributed by atoms with van der Waals surface area (Å²) in [5.74, 6) is 0. The SMILES string of the molecule is CCn1cnc2cc(-n3ccc(=O)[nH]c3=O)ccc21. The van der Waals surface area contributed by atoms with Gasteiger partial charge in [-0.05, 0) is 25.1 Å². The van der Waals surface area contributed by atoms with Crippen molar-refractivity contribution in [2.24, 2.45) is 0 Å². The molecule has 96 valence electrons. The molecule has 6 nitrogen and oxygen atoms in total. The molecule has 19 heavy (non-hydrogen) atoms. The Morgan fingerprint density at radius 3 is 2.84 bits per heavy atom. The lowest BCUT2D eigenvalue weighted by Crippen LogP contribution is -2.27. The minimum atomic E-state index is -0.457. The highest BCUT2D eigenvalue weighted by Crippen LogP contribution is 2.16. The largest absolute Gasteiger partial charge is 0.332 e. The quantitative estimate of drug-likeness (QED) is 0.740. The number of nitrogens with zero attached hydrogens (tertiary/aromatic N) is 3. The first-order valence-electron chi connectivity index (χ1n) is 5.96. The van der Waals surface area contributed by atoms with Crippen LogP contribution in [0.15, 0.2) is 46.4 Å². The van der Waals surface area contributed by atoms with Crippen LogP contribution in [0.1, 0.15) is 6.92 Å². The third-order valence-electron chi connectivity index (χ3n) is 3.05. The van der Waals surface area contributed by atoms with Crippen LogP contribution in [-0.4, -0.2) is 19.1 Å². The molecule has 3 rings (SSSR count). The molecule has 0 saturated carbocycles. The highest BCUT2D eigenvalue weighted by atomic mass is 16.2. The van der Waals surface area contributed by atoms with E-state index in [0.717, 1.165) is 17.6 Å². The Balaban J connectivity index is 2.20. The van der Waals surface area contributed by atoms with Crippen molar-refractivity contribution >= 4 is 11.0 Å². The van der Waals surface area contributed by atoms with Crippen LogP contribution in [-0.2, 0) is 6.54 Å². The first kappa shape index (κ1) is 11.5. The van der Waals surface area contributed by atoms with Gasteiger partial charge in [-0.15, -0.1) is 0 Å². The van der Waals surface area contributed by atoms with Crippen molar-refractivity contribution < 1.29 is 0 Å². The molecule has 0 fully saturated rings. The molecule has 0 aliphatic heterocycles. The number of H-pyrrole nitrogens is 1. The number of aromatic nitrogens is 4. The summed E-state index contributed by atoms with van der Waals surface area (Å²) in [7, 11) is 0. The van der Waals surface area contributed by atoms with Gasteiger partial charge in [0.2, 0.25) is 0 Å². The minimum Gasteiger partial charge on any atom is -0.331 e.